The number of nitrogens with zero attached hydrogens (tertiary/aromatic N) is 2. The predicted molar refractivity (Wildman–Crippen MR) is 83.0 cm³/mol. The Morgan fingerprint density at radius 1 is 1.45 bits per heavy atom. The van der Waals surface area contributed by atoms with Crippen molar-refractivity contribution in [1.82, 2.24) is 10.3 Å². The van der Waals surface area contributed by atoms with Gasteiger partial charge in [-0.05, 0) is 57.7 Å². The van der Waals surface area contributed by atoms with Gasteiger partial charge >= 0.3 is 0 Å². The van der Waals surface area contributed by atoms with Crippen LogP contribution in [0.5, 0.6) is 0 Å². The van der Waals surface area contributed by atoms with Crippen molar-refractivity contribution in [2.45, 2.75) is 58.7 Å². The van der Waals surface area contributed by atoms with E-state index < -0.39 is 5.60 Å². The van der Waals surface area contributed by atoms with Crippen LogP contribution >= 0.6 is 0 Å². The molecule has 0 amide bonds. The van der Waals surface area contributed by atoms with E-state index in [9.17, 15) is 5.11 Å². The first-order chi connectivity index (χ1) is 9.39. The molecule has 20 heavy (non-hydrogen) atoms. The lowest BCUT2D eigenvalue weighted by atomic mass is 10.1. The minimum atomic E-state index is -0.712. The molecule has 0 atom stereocenters. The number of nitrogens with one attached hydrogen (secondary N) is 1. The van der Waals surface area contributed by atoms with Crippen molar-refractivity contribution >= 4 is 5.82 Å². The highest BCUT2D eigenvalue weighted by Crippen LogP contribution is 2.22. The Kier molecular flexibility index (Phi) is 4.66. The van der Waals surface area contributed by atoms with Crippen molar-refractivity contribution in [3.63, 3.8) is 0 Å². The molecule has 1 aliphatic rings. The van der Waals surface area contributed by atoms with E-state index in [1.165, 1.54) is 24.0 Å². The summed E-state index contributed by atoms with van der Waals surface area (Å²) in [5.41, 5.74) is 1.69. The van der Waals surface area contributed by atoms with E-state index in [4.69, 9.17) is 0 Å². The summed E-state index contributed by atoms with van der Waals surface area (Å²) >= 11 is 0. The van der Waals surface area contributed by atoms with Crippen molar-refractivity contribution in [2.24, 2.45) is 0 Å². The minimum Gasteiger partial charge on any atom is -0.389 e. The van der Waals surface area contributed by atoms with Crippen molar-refractivity contribution in [1.29, 1.82) is 0 Å². The number of aliphatic hydroxyl groups is 1. The largest absolute Gasteiger partial charge is 0.389 e. The highest BCUT2D eigenvalue weighted by atomic mass is 16.3. The molecular weight excluding hydrogens is 250 g/mol. The molecule has 1 fully saturated rings. The fourth-order valence-corrected chi connectivity index (χ4v) is 2.41. The van der Waals surface area contributed by atoms with Gasteiger partial charge in [0.1, 0.15) is 5.82 Å². The normalized spacial score (nSPS) is 15.4. The number of aromatic nitrogens is 1. The first-order valence-corrected chi connectivity index (χ1v) is 7.55. The van der Waals surface area contributed by atoms with E-state index >= 15 is 0 Å². The summed E-state index contributed by atoms with van der Waals surface area (Å²) in [6, 6.07) is 2.92. The van der Waals surface area contributed by atoms with E-state index in [-0.39, 0.29) is 0 Å². The molecule has 2 rings (SSSR count). The Balaban J connectivity index is 2.06. The molecule has 2 N–H and O–H groups in total. The van der Waals surface area contributed by atoms with Crippen molar-refractivity contribution in [3.05, 3.63) is 23.4 Å². The van der Waals surface area contributed by atoms with Crippen molar-refractivity contribution in [2.75, 3.05) is 18.0 Å². The maximum atomic E-state index is 10.00. The van der Waals surface area contributed by atoms with E-state index in [0.717, 1.165) is 24.9 Å². The van der Waals surface area contributed by atoms with Crippen molar-refractivity contribution in [3.8, 4) is 0 Å². The van der Waals surface area contributed by atoms with Crippen LogP contribution in [0.25, 0.3) is 0 Å². The average Bonchev–Trinajstić information content (AvgIpc) is 3.17. The SMILES string of the molecule is CCN(CC(C)(C)O)c1ncc(CNC2CC2)cc1C. The third-order valence-corrected chi connectivity index (χ3v) is 3.54. The van der Waals surface area contributed by atoms with Gasteiger partial charge in [0.15, 0.2) is 0 Å². The minimum absolute atomic E-state index is 0.594. The summed E-state index contributed by atoms with van der Waals surface area (Å²) in [7, 11) is 0. The highest BCUT2D eigenvalue weighted by molar-refractivity contribution is 5.47. The van der Waals surface area contributed by atoms with E-state index in [1.807, 2.05) is 20.0 Å². The summed E-state index contributed by atoms with van der Waals surface area (Å²) in [6.45, 7) is 10.2. The van der Waals surface area contributed by atoms with Crippen LogP contribution in [0.3, 0.4) is 0 Å². The predicted octanol–water partition coefficient (Wildman–Crippen LogP) is 2.24. The zero-order valence-electron chi connectivity index (χ0n) is 13.1. The van der Waals surface area contributed by atoms with Crippen LogP contribution in [0.4, 0.5) is 5.82 Å². The fraction of sp³-hybridized carbons (Fsp3) is 0.688. The second kappa shape index (κ2) is 6.10. The summed E-state index contributed by atoms with van der Waals surface area (Å²) in [5, 5.41) is 13.5. The van der Waals surface area contributed by atoms with Crippen LogP contribution in [0, 0.1) is 6.92 Å². The van der Waals surface area contributed by atoms with Crippen molar-refractivity contribution < 1.29 is 5.11 Å². The van der Waals surface area contributed by atoms with E-state index in [1.54, 1.807) is 0 Å². The standard InChI is InChI=1S/C16H27N3O/c1-5-19(11-16(3,4)20)15-12(2)8-13(10-18-15)9-17-14-6-7-14/h8,10,14,17,20H,5-7,9,11H2,1-4H3. The molecule has 1 aliphatic carbocycles. The molecule has 4 heteroatoms. The molecule has 112 valence electrons. The van der Waals surface area contributed by atoms with Gasteiger partial charge in [0.25, 0.3) is 0 Å². The lowest BCUT2D eigenvalue weighted by Gasteiger charge is -2.30. The summed E-state index contributed by atoms with van der Waals surface area (Å²) in [4.78, 5) is 6.74. The molecule has 0 spiro atoms. The Morgan fingerprint density at radius 2 is 2.15 bits per heavy atom. The maximum Gasteiger partial charge on any atom is 0.131 e. The van der Waals surface area contributed by atoms with Crippen LogP contribution in [0.15, 0.2) is 12.3 Å². The first kappa shape index (κ1) is 15.3. The van der Waals surface area contributed by atoms with Crippen LogP contribution in [-0.2, 0) is 6.54 Å². The lowest BCUT2D eigenvalue weighted by molar-refractivity contribution is 0.0874. The van der Waals surface area contributed by atoms with Gasteiger partial charge in [0.05, 0.1) is 5.60 Å². The van der Waals surface area contributed by atoms with Gasteiger partial charge in [-0.3, -0.25) is 0 Å². The number of hydrogen-bond donors (Lipinski definition) is 2. The molecule has 0 unspecified atom stereocenters. The van der Waals surface area contributed by atoms with Gasteiger partial charge in [0.2, 0.25) is 0 Å². The molecule has 1 heterocycles. The second-order valence-electron chi connectivity index (χ2n) is 6.47. The topological polar surface area (TPSA) is 48.4 Å². The molecule has 1 saturated carbocycles. The average molecular weight is 277 g/mol. The zero-order chi connectivity index (χ0) is 14.8. The number of anilines is 1. The zero-order valence-corrected chi connectivity index (χ0v) is 13.1. The fourth-order valence-electron chi connectivity index (χ4n) is 2.41. The monoisotopic (exact) mass is 277 g/mol. The second-order valence-corrected chi connectivity index (χ2v) is 6.47. The maximum absolute atomic E-state index is 10.00. The first-order valence-electron chi connectivity index (χ1n) is 7.55. The van der Waals surface area contributed by atoms with Crippen LogP contribution in [-0.4, -0.2) is 34.8 Å². The highest BCUT2D eigenvalue weighted by Gasteiger charge is 2.21. The smallest absolute Gasteiger partial charge is 0.131 e. The molecule has 0 radical (unpaired) electrons. The molecule has 0 aromatic carbocycles. The Morgan fingerprint density at radius 3 is 2.65 bits per heavy atom. The van der Waals surface area contributed by atoms with Gasteiger partial charge in [0, 0.05) is 31.9 Å². The molecule has 0 aliphatic heterocycles. The van der Waals surface area contributed by atoms with Gasteiger partial charge in [-0.2, -0.15) is 0 Å². The van der Waals surface area contributed by atoms with Crippen LogP contribution in [0.1, 0.15) is 44.7 Å². The van der Waals surface area contributed by atoms with Gasteiger partial charge in [-0.1, -0.05) is 0 Å². The molecule has 0 saturated heterocycles. The Hall–Kier alpha value is -1.13. The van der Waals surface area contributed by atoms with Gasteiger partial charge < -0.3 is 15.3 Å². The lowest BCUT2D eigenvalue weighted by Crippen LogP contribution is -2.39. The van der Waals surface area contributed by atoms with Crippen LogP contribution < -0.4 is 10.2 Å². The number of aryl methyl sites for hydroxylation is 1. The molecule has 0 bridgehead atoms. The number of hydrogen-bond acceptors (Lipinski definition) is 4. The number of likely N-dealkylation sites (N-methyl/N-ethyl adjacent to an activating group) is 1. The Labute approximate surface area is 122 Å². The Bertz CT molecular complexity index is 450. The third-order valence-electron chi connectivity index (χ3n) is 3.54. The number of rotatable bonds is 7. The van der Waals surface area contributed by atoms with E-state index in [2.05, 4.69) is 35.1 Å². The quantitative estimate of drug-likeness (QED) is 0.802. The third kappa shape index (κ3) is 4.46. The summed E-state index contributed by atoms with van der Waals surface area (Å²) < 4.78 is 0. The molecule has 1 aromatic heterocycles. The molecular formula is C16H27N3O. The van der Waals surface area contributed by atoms with Gasteiger partial charge in [-0.15, -0.1) is 0 Å². The number of pyridine rings is 1. The molecule has 1 aromatic rings. The molecule has 4 nitrogen and oxygen atoms in total. The summed E-state index contributed by atoms with van der Waals surface area (Å²) in [5.74, 6) is 0.977. The van der Waals surface area contributed by atoms with Crippen LogP contribution in [0.2, 0.25) is 0 Å². The van der Waals surface area contributed by atoms with E-state index in [0.29, 0.717) is 6.54 Å². The van der Waals surface area contributed by atoms with Gasteiger partial charge in [-0.25, -0.2) is 4.98 Å². The summed E-state index contributed by atoms with van der Waals surface area (Å²) in [6.07, 6.45) is 4.56.